The van der Waals surface area contributed by atoms with Crippen LogP contribution in [0.2, 0.25) is 0 Å². The monoisotopic (exact) mass is 414 g/mol. The van der Waals surface area contributed by atoms with Crippen molar-refractivity contribution in [2.24, 2.45) is 0 Å². The van der Waals surface area contributed by atoms with E-state index in [1.807, 2.05) is 24.3 Å². The van der Waals surface area contributed by atoms with E-state index < -0.39 is 12.0 Å². The molecule has 11 heteroatoms. The molecular formula is C17H21F3N6OS. The summed E-state index contributed by atoms with van der Waals surface area (Å²) in [5.74, 6) is 3.53. The van der Waals surface area contributed by atoms with Crippen molar-refractivity contribution in [1.82, 2.24) is 14.9 Å². The number of carbonyl (C=O) groups is 1. The van der Waals surface area contributed by atoms with Crippen LogP contribution in [-0.2, 0) is 11.0 Å². The van der Waals surface area contributed by atoms with E-state index in [1.54, 1.807) is 0 Å². The van der Waals surface area contributed by atoms with E-state index in [9.17, 15) is 18.0 Å². The third kappa shape index (κ3) is 5.09. The molecule has 7 nitrogen and oxygen atoms in total. The predicted molar refractivity (Wildman–Crippen MR) is 102 cm³/mol. The molecule has 152 valence electrons. The number of nitrogens with zero attached hydrogens (tertiary/aromatic N) is 4. The van der Waals surface area contributed by atoms with Crippen LogP contribution in [0.15, 0.2) is 29.4 Å². The van der Waals surface area contributed by atoms with Gasteiger partial charge in [-0.1, -0.05) is 24.6 Å². The summed E-state index contributed by atoms with van der Waals surface area (Å²) >= 11 is 0.784. The van der Waals surface area contributed by atoms with Crippen molar-refractivity contribution in [2.45, 2.75) is 37.0 Å². The number of benzene rings is 1. The first-order chi connectivity index (χ1) is 13.3. The summed E-state index contributed by atoms with van der Waals surface area (Å²) in [6, 6.07) is 7.55. The number of nitrogens with one attached hydrogen (secondary N) is 1. The number of rotatable bonds is 5. The van der Waals surface area contributed by atoms with E-state index in [2.05, 4.69) is 20.4 Å². The molecule has 1 saturated heterocycles. The number of nitrogens with two attached hydrogens (primary N) is 1. The lowest BCUT2D eigenvalue weighted by atomic mass is 10.2. The van der Waals surface area contributed by atoms with Gasteiger partial charge in [-0.3, -0.25) is 4.79 Å². The van der Waals surface area contributed by atoms with Gasteiger partial charge in [-0.25, -0.2) is 4.68 Å². The molecule has 1 aliphatic heterocycles. The van der Waals surface area contributed by atoms with E-state index in [0.29, 0.717) is 10.4 Å². The fourth-order valence-corrected chi connectivity index (χ4v) is 3.64. The Morgan fingerprint density at radius 2 is 1.75 bits per heavy atom. The van der Waals surface area contributed by atoms with Crippen LogP contribution in [0.1, 0.15) is 31.5 Å². The zero-order valence-corrected chi connectivity index (χ0v) is 15.9. The van der Waals surface area contributed by atoms with Crippen molar-refractivity contribution in [3.05, 3.63) is 30.1 Å². The number of nitrogen functional groups attached to an aromatic ring is 1. The Morgan fingerprint density at radius 1 is 1.11 bits per heavy atom. The summed E-state index contributed by atoms with van der Waals surface area (Å²) < 4.78 is 38.3. The molecule has 2 heterocycles. The summed E-state index contributed by atoms with van der Waals surface area (Å²) in [5, 5.41) is 8.92. The second kappa shape index (κ2) is 8.72. The Morgan fingerprint density at radius 3 is 2.32 bits per heavy atom. The SMILES string of the molecule is Nn1c(SCC(=O)Nc2ccc(N3CCCCCC3)cc2)nnc1C(F)(F)F. The van der Waals surface area contributed by atoms with Gasteiger partial charge in [0.25, 0.3) is 5.82 Å². The molecule has 1 aromatic heterocycles. The Kier molecular flexibility index (Phi) is 6.32. The fraction of sp³-hybridized carbons (Fsp3) is 0.471. The number of thioether (sulfide) groups is 1. The summed E-state index contributed by atoms with van der Waals surface area (Å²) in [4.78, 5) is 14.4. The molecule has 2 aromatic rings. The highest BCUT2D eigenvalue weighted by molar-refractivity contribution is 7.99. The van der Waals surface area contributed by atoms with Crippen LogP contribution in [0.5, 0.6) is 0 Å². The summed E-state index contributed by atoms with van der Waals surface area (Å²) in [6.07, 6.45) is 0.166. The first-order valence-corrected chi connectivity index (χ1v) is 9.88. The second-order valence-corrected chi connectivity index (χ2v) is 7.40. The molecule has 1 amide bonds. The molecular weight excluding hydrogens is 393 g/mol. The normalized spacial score (nSPS) is 15.3. The van der Waals surface area contributed by atoms with E-state index in [0.717, 1.165) is 30.5 Å². The minimum atomic E-state index is -4.70. The minimum Gasteiger partial charge on any atom is -0.372 e. The molecule has 28 heavy (non-hydrogen) atoms. The van der Waals surface area contributed by atoms with Crippen LogP contribution in [0.3, 0.4) is 0 Å². The number of hydrogen-bond donors (Lipinski definition) is 2. The van der Waals surface area contributed by atoms with Gasteiger partial charge in [0.15, 0.2) is 0 Å². The first kappa shape index (κ1) is 20.3. The lowest BCUT2D eigenvalue weighted by molar-refractivity contribution is -0.146. The molecule has 0 aliphatic carbocycles. The third-order valence-corrected chi connectivity index (χ3v) is 5.32. The van der Waals surface area contributed by atoms with Crippen molar-refractivity contribution in [3.8, 4) is 0 Å². The highest BCUT2D eigenvalue weighted by atomic mass is 32.2. The predicted octanol–water partition coefficient (Wildman–Crippen LogP) is 3.12. The molecule has 1 aromatic carbocycles. The van der Waals surface area contributed by atoms with Crippen molar-refractivity contribution < 1.29 is 18.0 Å². The molecule has 3 N–H and O–H groups in total. The zero-order chi connectivity index (χ0) is 20.1. The van der Waals surface area contributed by atoms with Gasteiger partial charge < -0.3 is 16.1 Å². The number of alkyl halides is 3. The molecule has 1 aliphatic rings. The van der Waals surface area contributed by atoms with Gasteiger partial charge in [0, 0.05) is 24.5 Å². The molecule has 0 saturated carbocycles. The molecule has 0 radical (unpaired) electrons. The topological polar surface area (TPSA) is 89.1 Å². The second-order valence-electron chi connectivity index (χ2n) is 6.46. The third-order valence-electron chi connectivity index (χ3n) is 4.37. The van der Waals surface area contributed by atoms with Gasteiger partial charge in [0.1, 0.15) is 0 Å². The van der Waals surface area contributed by atoms with E-state index in [4.69, 9.17) is 5.84 Å². The zero-order valence-electron chi connectivity index (χ0n) is 15.1. The molecule has 1 fully saturated rings. The number of anilines is 2. The molecule has 3 rings (SSSR count). The molecule has 0 bridgehead atoms. The van der Waals surface area contributed by atoms with Crippen molar-refractivity contribution in [3.63, 3.8) is 0 Å². The van der Waals surface area contributed by atoms with Crippen LogP contribution >= 0.6 is 11.8 Å². The summed E-state index contributed by atoms with van der Waals surface area (Å²) in [5.41, 5.74) is 1.74. The van der Waals surface area contributed by atoms with Gasteiger partial charge in [-0.05, 0) is 37.1 Å². The van der Waals surface area contributed by atoms with Gasteiger partial charge in [0.2, 0.25) is 11.1 Å². The van der Waals surface area contributed by atoms with Crippen molar-refractivity contribution in [2.75, 3.05) is 34.9 Å². The maximum atomic E-state index is 12.6. The number of aromatic nitrogens is 3. The highest BCUT2D eigenvalue weighted by Gasteiger charge is 2.38. The summed E-state index contributed by atoms with van der Waals surface area (Å²) in [6.45, 7) is 2.06. The van der Waals surface area contributed by atoms with Crippen molar-refractivity contribution in [1.29, 1.82) is 0 Å². The standard InChI is InChI=1S/C17H21F3N6OS/c18-17(19,20)15-23-24-16(26(15)21)28-11-14(27)22-12-5-7-13(8-6-12)25-9-3-1-2-4-10-25/h5-8H,1-4,9-11,21H2,(H,22,27). The van der Waals surface area contributed by atoms with Crippen LogP contribution in [0.25, 0.3) is 0 Å². The van der Waals surface area contributed by atoms with Gasteiger partial charge in [0.05, 0.1) is 5.75 Å². The van der Waals surface area contributed by atoms with E-state index >= 15 is 0 Å². The molecule has 0 atom stereocenters. The Bertz CT molecular complexity index is 800. The number of amides is 1. The molecule has 0 spiro atoms. The molecule has 0 unspecified atom stereocenters. The Hall–Kier alpha value is -2.43. The maximum Gasteiger partial charge on any atom is 0.453 e. The van der Waals surface area contributed by atoms with E-state index in [1.165, 1.54) is 25.7 Å². The minimum absolute atomic E-state index is 0.138. The smallest absolute Gasteiger partial charge is 0.372 e. The van der Waals surface area contributed by atoms with Crippen LogP contribution in [-0.4, -0.2) is 39.6 Å². The van der Waals surface area contributed by atoms with Crippen LogP contribution < -0.4 is 16.1 Å². The fourth-order valence-electron chi connectivity index (χ4n) is 2.98. The Labute approximate surface area is 164 Å². The average Bonchev–Trinajstić information content (AvgIpc) is 2.85. The first-order valence-electron chi connectivity index (χ1n) is 8.90. The van der Waals surface area contributed by atoms with Crippen LogP contribution in [0, 0.1) is 0 Å². The van der Waals surface area contributed by atoms with E-state index in [-0.39, 0.29) is 16.8 Å². The van der Waals surface area contributed by atoms with Gasteiger partial charge in [-0.2, -0.15) is 13.2 Å². The lowest BCUT2D eigenvalue weighted by Crippen LogP contribution is -2.23. The quantitative estimate of drug-likeness (QED) is 0.577. The number of carbonyl (C=O) groups excluding carboxylic acids is 1. The number of hydrogen-bond acceptors (Lipinski definition) is 6. The average molecular weight is 414 g/mol. The van der Waals surface area contributed by atoms with Crippen molar-refractivity contribution >= 4 is 29.0 Å². The maximum absolute atomic E-state index is 12.6. The van der Waals surface area contributed by atoms with Crippen LogP contribution in [0.4, 0.5) is 24.5 Å². The van der Waals surface area contributed by atoms with Gasteiger partial charge in [-0.15, -0.1) is 10.2 Å². The lowest BCUT2D eigenvalue weighted by Gasteiger charge is -2.22. The number of halogens is 3. The highest BCUT2D eigenvalue weighted by Crippen LogP contribution is 2.29. The Balaban J connectivity index is 1.53. The summed E-state index contributed by atoms with van der Waals surface area (Å²) in [7, 11) is 0. The largest absolute Gasteiger partial charge is 0.453 e. The van der Waals surface area contributed by atoms with Gasteiger partial charge >= 0.3 is 6.18 Å².